The molecule has 0 radical (unpaired) electrons. The number of rotatable bonds is 4. The van der Waals surface area contributed by atoms with Gasteiger partial charge in [-0.1, -0.05) is 18.2 Å². The monoisotopic (exact) mass is 416 g/mol. The molecule has 2 fully saturated rings. The minimum atomic E-state index is -3.21. The van der Waals surface area contributed by atoms with E-state index in [0.29, 0.717) is 32.5 Å². The topological polar surface area (TPSA) is 93.5 Å². The molecule has 1 amide bonds. The van der Waals surface area contributed by atoms with E-state index in [2.05, 4.69) is 10.3 Å². The molecule has 1 unspecified atom stereocenters. The van der Waals surface area contributed by atoms with Gasteiger partial charge in [0.05, 0.1) is 11.8 Å². The number of imidazole rings is 1. The van der Waals surface area contributed by atoms with Crippen molar-refractivity contribution in [3.8, 4) is 0 Å². The number of benzene rings is 1. The fraction of sp³-hybridized carbons (Fsp3) is 0.500. The van der Waals surface area contributed by atoms with Crippen LogP contribution in [-0.4, -0.2) is 52.6 Å². The molecule has 1 atom stereocenters. The summed E-state index contributed by atoms with van der Waals surface area (Å²) in [6, 6.07) is 9.29. The second kappa shape index (κ2) is 6.93. The summed E-state index contributed by atoms with van der Waals surface area (Å²) in [7, 11) is -3.21. The molecular formula is C20H24N4O4S. The highest BCUT2D eigenvalue weighted by atomic mass is 32.2. The van der Waals surface area contributed by atoms with Crippen molar-refractivity contribution in [2.75, 3.05) is 18.4 Å². The summed E-state index contributed by atoms with van der Waals surface area (Å²) in [6.07, 6.45) is 5.40. The molecule has 3 aliphatic rings. The Kier molecular flexibility index (Phi) is 4.49. The Balaban J connectivity index is 1.35. The van der Waals surface area contributed by atoms with Crippen LogP contribution in [0.25, 0.3) is 0 Å². The summed E-state index contributed by atoms with van der Waals surface area (Å²) in [5.74, 6) is 0.577. The third-order valence-electron chi connectivity index (χ3n) is 6.02. The van der Waals surface area contributed by atoms with Crippen molar-refractivity contribution in [1.82, 2.24) is 13.9 Å². The molecule has 1 spiro atoms. The van der Waals surface area contributed by atoms with E-state index < -0.39 is 21.7 Å². The first-order chi connectivity index (χ1) is 14.0. The lowest BCUT2D eigenvalue weighted by atomic mass is 9.89. The third-order valence-corrected chi connectivity index (χ3v) is 8.42. The average molecular weight is 417 g/mol. The van der Waals surface area contributed by atoms with E-state index in [0.717, 1.165) is 24.4 Å². The Morgan fingerprint density at radius 2 is 1.90 bits per heavy atom. The van der Waals surface area contributed by atoms with Gasteiger partial charge in [0.2, 0.25) is 10.0 Å². The Morgan fingerprint density at radius 1 is 1.17 bits per heavy atom. The van der Waals surface area contributed by atoms with Gasteiger partial charge in [-0.25, -0.2) is 17.7 Å². The Hall–Kier alpha value is -2.23. The van der Waals surface area contributed by atoms with Gasteiger partial charge in [-0.15, -0.1) is 0 Å². The van der Waals surface area contributed by atoms with Crippen molar-refractivity contribution >= 4 is 21.6 Å². The van der Waals surface area contributed by atoms with Crippen molar-refractivity contribution in [3.63, 3.8) is 0 Å². The van der Waals surface area contributed by atoms with Gasteiger partial charge in [-0.3, -0.25) is 4.79 Å². The summed E-state index contributed by atoms with van der Waals surface area (Å²) in [5, 5.41) is 2.70. The number of carbonyl (C=O) groups is 1. The minimum Gasteiger partial charge on any atom is -0.352 e. The zero-order valence-electron chi connectivity index (χ0n) is 16.0. The van der Waals surface area contributed by atoms with Gasteiger partial charge in [0.1, 0.15) is 11.4 Å². The van der Waals surface area contributed by atoms with Crippen LogP contribution in [0.1, 0.15) is 31.5 Å². The lowest BCUT2D eigenvalue weighted by Crippen LogP contribution is -2.54. The molecule has 2 aliphatic heterocycles. The molecule has 1 aliphatic carbocycles. The highest BCUT2D eigenvalue weighted by Crippen LogP contribution is 2.42. The van der Waals surface area contributed by atoms with E-state index in [9.17, 15) is 13.2 Å². The number of hydrogen-bond donors (Lipinski definition) is 1. The average Bonchev–Trinajstić information content (AvgIpc) is 3.48. The maximum Gasteiger partial charge on any atom is 0.255 e. The molecule has 1 N–H and O–H groups in total. The van der Waals surface area contributed by atoms with Crippen LogP contribution in [0.4, 0.5) is 5.69 Å². The van der Waals surface area contributed by atoms with E-state index in [1.807, 2.05) is 41.1 Å². The number of para-hydroxylation sites is 1. The van der Waals surface area contributed by atoms with E-state index in [-0.39, 0.29) is 11.2 Å². The predicted octanol–water partition coefficient (Wildman–Crippen LogP) is 1.70. The van der Waals surface area contributed by atoms with Crippen LogP contribution in [0.2, 0.25) is 0 Å². The Morgan fingerprint density at radius 3 is 2.59 bits per heavy atom. The number of fused-ring (bicyclic) bond motifs is 2. The van der Waals surface area contributed by atoms with Crippen molar-refractivity contribution in [2.45, 2.75) is 49.2 Å². The van der Waals surface area contributed by atoms with Gasteiger partial charge < -0.3 is 14.6 Å². The quantitative estimate of drug-likeness (QED) is 0.819. The summed E-state index contributed by atoms with van der Waals surface area (Å²) in [6.45, 7) is 1.16. The number of piperidine rings is 1. The number of amides is 1. The first kappa shape index (κ1) is 18.8. The third kappa shape index (κ3) is 3.37. The molecule has 0 bridgehead atoms. The maximum atomic E-state index is 12.9. The molecule has 1 aromatic heterocycles. The zero-order chi connectivity index (χ0) is 20.1. The maximum absolute atomic E-state index is 12.9. The Labute approximate surface area is 169 Å². The smallest absolute Gasteiger partial charge is 0.255 e. The molecule has 29 heavy (non-hydrogen) atoms. The number of ether oxygens (including phenoxy) is 1. The van der Waals surface area contributed by atoms with Gasteiger partial charge >= 0.3 is 0 Å². The minimum absolute atomic E-state index is 0.206. The number of nitrogens with zero attached hydrogens (tertiary/aromatic N) is 3. The lowest BCUT2D eigenvalue weighted by molar-refractivity contribution is -0.166. The number of anilines is 1. The van der Waals surface area contributed by atoms with Crippen LogP contribution >= 0.6 is 0 Å². The molecule has 1 saturated heterocycles. The molecular weight excluding hydrogens is 392 g/mol. The summed E-state index contributed by atoms with van der Waals surface area (Å²) in [5.41, 5.74) is -0.0207. The van der Waals surface area contributed by atoms with E-state index in [1.165, 1.54) is 0 Å². The normalized spacial score (nSPS) is 24.2. The number of carbonyl (C=O) groups excluding carboxylic acids is 1. The fourth-order valence-electron chi connectivity index (χ4n) is 4.30. The molecule has 5 rings (SSSR count). The van der Waals surface area contributed by atoms with Crippen molar-refractivity contribution in [2.24, 2.45) is 0 Å². The van der Waals surface area contributed by atoms with Crippen LogP contribution in [0.15, 0.2) is 42.7 Å². The summed E-state index contributed by atoms with van der Waals surface area (Å²) >= 11 is 0. The molecule has 154 valence electrons. The predicted molar refractivity (Wildman–Crippen MR) is 107 cm³/mol. The fourth-order valence-corrected chi connectivity index (χ4v) is 6.14. The Bertz CT molecular complexity index is 1010. The highest BCUT2D eigenvalue weighted by Gasteiger charge is 2.50. The molecule has 3 heterocycles. The number of sulfonamides is 1. The van der Waals surface area contributed by atoms with E-state index in [1.54, 1.807) is 10.5 Å². The molecule has 1 aromatic carbocycles. The highest BCUT2D eigenvalue weighted by molar-refractivity contribution is 7.90. The molecule has 9 heteroatoms. The standard InChI is InChI=1S/C20H24N4O4S/c25-18(22-15-4-2-1-3-5-15)17-14-23-13-10-21-19(23)20(28-17)8-11-24(12-9-20)29(26,27)16-6-7-16/h1-5,10,13,16-17H,6-9,11-12,14H2,(H,22,25). The molecule has 1 saturated carbocycles. The number of aromatic nitrogens is 2. The second-order valence-corrected chi connectivity index (χ2v) is 10.2. The van der Waals surface area contributed by atoms with Crippen molar-refractivity contribution < 1.29 is 17.9 Å². The van der Waals surface area contributed by atoms with Crippen LogP contribution < -0.4 is 5.32 Å². The van der Waals surface area contributed by atoms with Crippen LogP contribution in [-0.2, 0) is 31.7 Å². The van der Waals surface area contributed by atoms with Crippen LogP contribution in [0.3, 0.4) is 0 Å². The van der Waals surface area contributed by atoms with Crippen molar-refractivity contribution in [1.29, 1.82) is 0 Å². The van der Waals surface area contributed by atoms with Gasteiger partial charge in [-0.05, 0) is 37.8 Å². The summed E-state index contributed by atoms with van der Waals surface area (Å²) in [4.78, 5) is 17.4. The van der Waals surface area contributed by atoms with Gasteiger partial charge in [0.15, 0.2) is 6.10 Å². The van der Waals surface area contributed by atoms with E-state index in [4.69, 9.17) is 4.74 Å². The number of nitrogens with one attached hydrogen (secondary N) is 1. The van der Waals surface area contributed by atoms with Gasteiger partial charge in [0.25, 0.3) is 5.91 Å². The van der Waals surface area contributed by atoms with Crippen LogP contribution in [0.5, 0.6) is 0 Å². The number of hydrogen-bond acceptors (Lipinski definition) is 5. The van der Waals surface area contributed by atoms with Gasteiger partial charge in [0, 0.05) is 31.2 Å². The second-order valence-electron chi connectivity index (χ2n) is 8.00. The molecule has 8 nitrogen and oxygen atoms in total. The zero-order valence-corrected chi connectivity index (χ0v) is 16.8. The molecule has 2 aromatic rings. The van der Waals surface area contributed by atoms with E-state index >= 15 is 0 Å². The summed E-state index contributed by atoms with van der Waals surface area (Å²) < 4.78 is 35.1. The van der Waals surface area contributed by atoms with Gasteiger partial charge in [-0.2, -0.15) is 0 Å². The SMILES string of the molecule is O=C(Nc1ccccc1)C1Cn2ccnc2C2(CCN(S(=O)(=O)C3CC3)CC2)O1. The lowest BCUT2D eigenvalue weighted by Gasteiger charge is -2.45. The van der Waals surface area contributed by atoms with Crippen LogP contribution in [0, 0.1) is 0 Å². The first-order valence-electron chi connectivity index (χ1n) is 10.0. The largest absolute Gasteiger partial charge is 0.352 e. The first-order valence-corrected chi connectivity index (χ1v) is 11.5. The van der Waals surface area contributed by atoms with Crippen molar-refractivity contribution in [3.05, 3.63) is 48.5 Å².